The number of carbonyl (C=O) groups is 1. The zero-order chi connectivity index (χ0) is 30.9. The summed E-state index contributed by atoms with van der Waals surface area (Å²) >= 11 is 0. The van der Waals surface area contributed by atoms with Gasteiger partial charge in [-0.2, -0.15) is 13.2 Å². The molecule has 7 N–H and O–H groups in total. The van der Waals surface area contributed by atoms with Gasteiger partial charge in [0.25, 0.3) is 5.91 Å². The lowest BCUT2D eigenvalue weighted by atomic mass is 9.98. The lowest BCUT2D eigenvalue weighted by molar-refractivity contribution is -0.127. The molecule has 15 heteroatoms. The van der Waals surface area contributed by atoms with Gasteiger partial charge in [-0.3, -0.25) is 14.5 Å². The first kappa shape index (κ1) is 31.1. The highest BCUT2D eigenvalue weighted by atomic mass is 32.2. The number of aryl methyl sites for hydroxylation is 1. The van der Waals surface area contributed by atoms with E-state index in [1.54, 1.807) is 32.0 Å². The van der Waals surface area contributed by atoms with Crippen LogP contribution >= 0.6 is 0 Å². The third kappa shape index (κ3) is 7.22. The van der Waals surface area contributed by atoms with Crippen LogP contribution in [0.5, 0.6) is 5.75 Å². The Labute approximate surface area is 233 Å². The SMILES string of the molecule is CCN(c1ccc(C)cc1CNc1nc(-c2cc(F)c(O)cc2CC(F)(F)F)cc(N)c1C(=N)C(N)=O)S(C)(=O)=O. The Morgan fingerprint density at radius 2 is 1.83 bits per heavy atom. The van der Waals surface area contributed by atoms with Gasteiger partial charge in [0.15, 0.2) is 11.6 Å². The van der Waals surface area contributed by atoms with E-state index in [9.17, 15) is 35.9 Å². The van der Waals surface area contributed by atoms with Gasteiger partial charge in [-0.15, -0.1) is 0 Å². The first-order chi connectivity index (χ1) is 18.9. The minimum atomic E-state index is -4.72. The molecule has 0 aliphatic heterocycles. The summed E-state index contributed by atoms with van der Waals surface area (Å²) in [5.41, 5.74) is 10.6. The number of halogens is 4. The van der Waals surface area contributed by atoms with E-state index in [1.807, 2.05) is 0 Å². The zero-order valence-electron chi connectivity index (χ0n) is 22.2. The molecule has 220 valence electrons. The van der Waals surface area contributed by atoms with E-state index in [1.165, 1.54) is 0 Å². The number of alkyl halides is 3. The lowest BCUT2D eigenvalue weighted by Crippen LogP contribution is -2.30. The number of primary amides is 1. The number of nitrogens with zero attached hydrogens (tertiary/aromatic N) is 2. The number of nitrogen functional groups attached to an aromatic ring is 1. The number of aromatic nitrogens is 1. The number of rotatable bonds is 10. The zero-order valence-corrected chi connectivity index (χ0v) is 23.0. The molecule has 0 unspecified atom stereocenters. The summed E-state index contributed by atoms with van der Waals surface area (Å²) in [7, 11) is -3.67. The summed E-state index contributed by atoms with van der Waals surface area (Å²) < 4.78 is 80.1. The molecule has 0 aliphatic carbocycles. The molecule has 0 aliphatic rings. The lowest BCUT2D eigenvalue weighted by Gasteiger charge is -2.24. The van der Waals surface area contributed by atoms with Gasteiger partial charge in [0.2, 0.25) is 10.0 Å². The van der Waals surface area contributed by atoms with E-state index in [-0.39, 0.29) is 41.4 Å². The summed E-state index contributed by atoms with van der Waals surface area (Å²) in [5, 5.41) is 20.7. The maximum atomic E-state index is 14.3. The van der Waals surface area contributed by atoms with Crippen molar-refractivity contribution >= 4 is 38.8 Å². The van der Waals surface area contributed by atoms with Crippen molar-refractivity contribution in [1.29, 1.82) is 5.41 Å². The molecule has 1 aromatic heterocycles. The predicted molar refractivity (Wildman–Crippen MR) is 148 cm³/mol. The quantitative estimate of drug-likeness (QED) is 0.174. The molecule has 41 heavy (non-hydrogen) atoms. The van der Waals surface area contributed by atoms with Crippen molar-refractivity contribution in [2.24, 2.45) is 5.73 Å². The van der Waals surface area contributed by atoms with Gasteiger partial charge in [0.1, 0.15) is 11.5 Å². The molecule has 10 nitrogen and oxygen atoms in total. The van der Waals surface area contributed by atoms with Crippen LogP contribution in [-0.2, 0) is 27.8 Å². The van der Waals surface area contributed by atoms with Gasteiger partial charge in [0.05, 0.1) is 29.6 Å². The Morgan fingerprint density at radius 3 is 2.39 bits per heavy atom. The van der Waals surface area contributed by atoms with Crippen molar-refractivity contribution in [2.75, 3.05) is 28.2 Å². The molecule has 0 saturated heterocycles. The van der Waals surface area contributed by atoms with Crippen LogP contribution in [0.2, 0.25) is 0 Å². The highest BCUT2D eigenvalue weighted by molar-refractivity contribution is 7.92. The average Bonchev–Trinajstić information content (AvgIpc) is 2.83. The molecular formula is C26H28F4N6O4S. The van der Waals surface area contributed by atoms with Crippen molar-refractivity contribution in [1.82, 2.24) is 4.98 Å². The fourth-order valence-electron chi connectivity index (χ4n) is 4.28. The molecular weight excluding hydrogens is 568 g/mol. The number of hydrogen-bond acceptors (Lipinski definition) is 8. The Morgan fingerprint density at radius 1 is 1.17 bits per heavy atom. The minimum absolute atomic E-state index is 0.113. The summed E-state index contributed by atoms with van der Waals surface area (Å²) in [6, 6.07) is 7.36. The molecule has 0 radical (unpaired) electrons. The van der Waals surface area contributed by atoms with Crippen LogP contribution in [-0.4, -0.2) is 49.1 Å². The molecule has 0 spiro atoms. The third-order valence-electron chi connectivity index (χ3n) is 6.02. The van der Waals surface area contributed by atoms with E-state index >= 15 is 0 Å². The number of carbonyl (C=O) groups excluding carboxylic acids is 1. The van der Waals surface area contributed by atoms with Crippen LogP contribution in [0.4, 0.5) is 34.8 Å². The molecule has 0 saturated carbocycles. The van der Waals surface area contributed by atoms with Crippen LogP contribution in [0.15, 0.2) is 36.4 Å². The van der Waals surface area contributed by atoms with Gasteiger partial charge < -0.3 is 21.9 Å². The van der Waals surface area contributed by atoms with E-state index < -0.39 is 51.4 Å². The van der Waals surface area contributed by atoms with Crippen LogP contribution in [0.1, 0.15) is 29.2 Å². The number of hydrogen-bond donors (Lipinski definition) is 5. The second-order valence-electron chi connectivity index (χ2n) is 9.23. The largest absolute Gasteiger partial charge is 0.505 e. The number of aromatic hydroxyl groups is 1. The van der Waals surface area contributed by atoms with Gasteiger partial charge >= 0.3 is 6.18 Å². The summed E-state index contributed by atoms with van der Waals surface area (Å²) in [6.45, 7) is 3.40. The topological polar surface area (TPSA) is 175 Å². The number of sulfonamides is 1. The van der Waals surface area contributed by atoms with Crippen LogP contribution in [0.3, 0.4) is 0 Å². The van der Waals surface area contributed by atoms with Gasteiger partial charge in [-0.25, -0.2) is 17.8 Å². The third-order valence-corrected chi connectivity index (χ3v) is 7.28. The Kier molecular flexibility index (Phi) is 8.81. The molecule has 0 bridgehead atoms. The molecule has 0 atom stereocenters. The molecule has 3 aromatic rings. The second kappa shape index (κ2) is 11.6. The Bertz CT molecular complexity index is 1630. The molecule has 2 aromatic carbocycles. The van der Waals surface area contributed by atoms with Crippen molar-refractivity contribution in [3.63, 3.8) is 0 Å². The normalized spacial score (nSPS) is 11.8. The van der Waals surface area contributed by atoms with Crippen LogP contribution in [0, 0.1) is 18.2 Å². The van der Waals surface area contributed by atoms with E-state index in [4.69, 9.17) is 16.9 Å². The average molecular weight is 597 g/mol. The van der Waals surface area contributed by atoms with Crippen molar-refractivity contribution in [3.8, 4) is 17.0 Å². The number of pyridine rings is 1. The number of phenols is 1. The van der Waals surface area contributed by atoms with Gasteiger partial charge in [-0.05, 0) is 49.2 Å². The maximum Gasteiger partial charge on any atom is 0.393 e. The minimum Gasteiger partial charge on any atom is -0.505 e. The van der Waals surface area contributed by atoms with Crippen molar-refractivity contribution in [3.05, 3.63) is 64.5 Å². The highest BCUT2D eigenvalue weighted by Crippen LogP contribution is 2.36. The summed E-state index contributed by atoms with van der Waals surface area (Å²) in [6.07, 6.45) is -5.20. The molecule has 1 amide bonds. The van der Waals surface area contributed by atoms with E-state index in [2.05, 4.69) is 10.3 Å². The molecule has 1 heterocycles. The van der Waals surface area contributed by atoms with E-state index in [0.717, 1.165) is 22.2 Å². The smallest absolute Gasteiger partial charge is 0.393 e. The summed E-state index contributed by atoms with van der Waals surface area (Å²) in [4.78, 5) is 16.1. The Balaban J connectivity index is 2.20. The second-order valence-corrected chi connectivity index (χ2v) is 11.1. The fraction of sp³-hybridized carbons (Fsp3) is 0.269. The number of benzene rings is 2. The molecule has 0 fully saturated rings. The first-order valence-electron chi connectivity index (χ1n) is 12.0. The molecule has 3 rings (SSSR count). The van der Waals surface area contributed by atoms with Gasteiger partial charge in [-0.1, -0.05) is 17.7 Å². The number of nitrogens with two attached hydrogens (primary N) is 2. The summed E-state index contributed by atoms with van der Waals surface area (Å²) in [5.74, 6) is -3.62. The monoisotopic (exact) mass is 596 g/mol. The van der Waals surface area contributed by atoms with Crippen LogP contribution < -0.4 is 21.1 Å². The predicted octanol–water partition coefficient (Wildman–Crippen LogP) is 3.84. The van der Waals surface area contributed by atoms with Crippen LogP contribution in [0.25, 0.3) is 11.3 Å². The number of nitrogens with one attached hydrogen (secondary N) is 2. The highest BCUT2D eigenvalue weighted by Gasteiger charge is 2.31. The Hall–Kier alpha value is -4.40. The van der Waals surface area contributed by atoms with Crippen molar-refractivity contribution < 1.29 is 35.9 Å². The first-order valence-corrected chi connectivity index (χ1v) is 13.9. The number of phenolic OH excluding ortho intramolecular Hbond substituents is 1. The standard InChI is InChI=1S/C26H28F4N6O4S/c1-4-36(41(3,39)40)20-6-5-13(2)7-15(20)12-34-25-22(23(32)24(33)38)18(31)10-19(35-25)16-9-17(27)21(37)8-14(16)11-26(28,29)30/h5-10,32,37H,4,11-12H2,1-3H3,(H2,33,38)(H3,31,34,35). The maximum absolute atomic E-state index is 14.3. The van der Waals surface area contributed by atoms with Crippen molar-refractivity contribution in [2.45, 2.75) is 33.0 Å². The van der Waals surface area contributed by atoms with Gasteiger partial charge in [0, 0.05) is 24.3 Å². The number of anilines is 3. The van der Waals surface area contributed by atoms with E-state index in [0.29, 0.717) is 23.4 Å². The fourth-order valence-corrected chi connectivity index (χ4v) is 5.29. The number of amides is 1.